The fourth-order valence-corrected chi connectivity index (χ4v) is 3.46. The summed E-state index contributed by atoms with van der Waals surface area (Å²) in [6, 6.07) is 3.77. The highest BCUT2D eigenvalue weighted by molar-refractivity contribution is 5.93. The number of carbonyl (C=O) groups is 2. The number of imide groups is 1. The molecule has 0 aliphatic carbocycles. The summed E-state index contributed by atoms with van der Waals surface area (Å²) < 4.78 is 15.3. The maximum absolute atomic E-state index is 12.1. The lowest BCUT2D eigenvalue weighted by Crippen LogP contribution is -3.29. The zero-order valence-electron chi connectivity index (χ0n) is 16.8. The van der Waals surface area contributed by atoms with Crippen LogP contribution in [-0.4, -0.2) is 65.6 Å². The van der Waals surface area contributed by atoms with E-state index in [1.807, 2.05) is 19.1 Å². The number of hydrogen-bond acceptors (Lipinski definition) is 5. The number of aryl methyl sites for hydroxylation is 1. The molecule has 2 amide bonds. The Hall–Kier alpha value is -2.32. The van der Waals surface area contributed by atoms with Crippen LogP contribution < -0.4 is 24.6 Å². The largest absolute Gasteiger partial charge is 0.493 e. The average molecular weight is 381 g/mol. The lowest BCUT2D eigenvalue weighted by molar-refractivity contribution is -1.02. The van der Waals surface area contributed by atoms with Crippen molar-refractivity contribution < 1.29 is 33.6 Å². The van der Waals surface area contributed by atoms with Crippen LogP contribution in [0.1, 0.15) is 18.1 Å². The zero-order chi connectivity index (χ0) is 20.0. The number of amides is 2. The van der Waals surface area contributed by atoms with Crippen LogP contribution in [0.15, 0.2) is 12.1 Å². The van der Waals surface area contributed by atoms with Crippen molar-refractivity contribution in [1.29, 1.82) is 0 Å². The molecule has 0 unspecified atom stereocenters. The summed E-state index contributed by atoms with van der Waals surface area (Å²) in [5, 5.41) is 2.26. The van der Waals surface area contributed by atoms with Crippen molar-refractivity contribution in [2.24, 2.45) is 0 Å². The molecule has 3 N–H and O–H groups in total. The molecular weight excluding hydrogens is 350 g/mol. The molecule has 0 saturated carbocycles. The Morgan fingerprint density at radius 3 is 2.22 bits per heavy atom. The van der Waals surface area contributed by atoms with Gasteiger partial charge in [0.1, 0.15) is 32.7 Å². The molecule has 1 saturated heterocycles. The summed E-state index contributed by atoms with van der Waals surface area (Å²) in [5.74, 6) is 1.19. The zero-order valence-corrected chi connectivity index (χ0v) is 16.8. The van der Waals surface area contributed by atoms with Gasteiger partial charge in [-0.2, -0.15) is 0 Å². The van der Waals surface area contributed by atoms with Crippen LogP contribution in [0.25, 0.3) is 0 Å². The Morgan fingerprint density at radius 2 is 1.67 bits per heavy atom. The van der Waals surface area contributed by atoms with Crippen molar-refractivity contribution in [2.45, 2.75) is 26.4 Å². The number of rotatable bonds is 6. The summed E-state index contributed by atoms with van der Waals surface area (Å²) >= 11 is 0. The van der Waals surface area contributed by atoms with Gasteiger partial charge < -0.3 is 24.0 Å². The fourth-order valence-electron chi connectivity index (χ4n) is 3.46. The summed E-state index contributed by atoms with van der Waals surface area (Å²) in [6.45, 7) is 8.49. The van der Waals surface area contributed by atoms with E-state index in [1.54, 1.807) is 14.2 Å². The number of quaternary nitrogens is 2. The number of piperazine rings is 1. The van der Waals surface area contributed by atoms with E-state index in [0.29, 0.717) is 0 Å². The third-order valence-electron chi connectivity index (χ3n) is 5.30. The molecule has 1 atom stereocenters. The molecular formula is C19H31N3O5+2. The van der Waals surface area contributed by atoms with Crippen LogP contribution in [0.3, 0.4) is 0 Å². The summed E-state index contributed by atoms with van der Waals surface area (Å²) in [7, 11) is 4.53. The molecule has 1 heterocycles. The minimum absolute atomic E-state index is 0.284. The Morgan fingerprint density at radius 1 is 1.07 bits per heavy atom. The first-order valence-electron chi connectivity index (χ1n) is 9.18. The molecule has 0 aromatic heterocycles. The Labute approximate surface area is 160 Å². The Balaban J connectivity index is 1.93. The molecule has 27 heavy (non-hydrogen) atoms. The normalized spacial score (nSPS) is 20.5. The summed E-state index contributed by atoms with van der Waals surface area (Å²) in [5.41, 5.74) is 2.42. The molecule has 1 aliphatic rings. The lowest BCUT2D eigenvalue weighted by Gasteiger charge is -2.32. The van der Waals surface area contributed by atoms with Crippen molar-refractivity contribution in [3.8, 4) is 11.5 Å². The van der Waals surface area contributed by atoms with Crippen LogP contribution in [-0.2, 0) is 16.1 Å². The van der Waals surface area contributed by atoms with Gasteiger partial charge >= 0.3 is 6.09 Å². The van der Waals surface area contributed by atoms with E-state index in [2.05, 4.69) is 17.0 Å². The summed E-state index contributed by atoms with van der Waals surface area (Å²) in [4.78, 5) is 26.0. The smallest absolute Gasteiger partial charge is 0.413 e. The predicted octanol–water partition coefficient (Wildman–Crippen LogP) is -1.43. The first kappa shape index (κ1) is 21.0. The molecule has 0 radical (unpaired) electrons. The second-order valence-corrected chi connectivity index (χ2v) is 6.92. The Kier molecular flexibility index (Phi) is 7.44. The monoisotopic (exact) mass is 381 g/mol. The summed E-state index contributed by atoms with van der Waals surface area (Å²) in [6.07, 6.45) is -0.709. The molecule has 8 nitrogen and oxygen atoms in total. The van der Waals surface area contributed by atoms with Gasteiger partial charge in [-0.1, -0.05) is 0 Å². The van der Waals surface area contributed by atoms with E-state index < -0.39 is 6.09 Å². The number of methoxy groups -OCH3 is 3. The van der Waals surface area contributed by atoms with Gasteiger partial charge in [-0.25, -0.2) is 4.79 Å². The van der Waals surface area contributed by atoms with E-state index in [-0.39, 0.29) is 11.9 Å². The van der Waals surface area contributed by atoms with Gasteiger partial charge in [0.15, 0.2) is 17.5 Å². The van der Waals surface area contributed by atoms with E-state index in [1.165, 1.54) is 28.0 Å². The number of hydrogen-bond donors (Lipinski definition) is 3. The first-order valence-corrected chi connectivity index (χ1v) is 9.18. The molecule has 150 valence electrons. The highest BCUT2D eigenvalue weighted by Crippen LogP contribution is 2.29. The third-order valence-corrected chi connectivity index (χ3v) is 5.30. The molecule has 1 aromatic rings. The second-order valence-electron chi connectivity index (χ2n) is 6.92. The van der Waals surface area contributed by atoms with Gasteiger partial charge in [-0.3, -0.25) is 10.1 Å². The number of alkyl carbamates (subject to hydrolysis) is 1. The van der Waals surface area contributed by atoms with E-state index in [9.17, 15) is 9.59 Å². The van der Waals surface area contributed by atoms with Gasteiger partial charge in [0.25, 0.3) is 5.91 Å². The minimum atomic E-state index is -0.709. The van der Waals surface area contributed by atoms with E-state index >= 15 is 0 Å². The quantitative estimate of drug-likeness (QED) is 0.563. The third kappa shape index (κ3) is 5.33. The van der Waals surface area contributed by atoms with E-state index in [0.717, 1.165) is 44.2 Å². The maximum atomic E-state index is 12.1. The van der Waals surface area contributed by atoms with Crippen molar-refractivity contribution in [3.63, 3.8) is 0 Å². The molecule has 1 aliphatic heterocycles. The molecule has 8 heteroatoms. The van der Waals surface area contributed by atoms with Crippen LogP contribution in [0.5, 0.6) is 11.5 Å². The van der Waals surface area contributed by atoms with E-state index in [4.69, 9.17) is 9.47 Å². The van der Waals surface area contributed by atoms with Crippen molar-refractivity contribution in [3.05, 3.63) is 23.3 Å². The first-order chi connectivity index (χ1) is 12.9. The molecule has 0 spiro atoms. The van der Waals surface area contributed by atoms with Crippen molar-refractivity contribution in [2.75, 3.05) is 47.5 Å². The topological polar surface area (TPSA) is 82.7 Å². The number of nitrogens with one attached hydrogen (secondary N) is 3. The fraction of sp³-hybridized carbons (Fsp3) is 0.579. The number of carbonyl (C=O) groups excluding carboxylic acids is 2. The highest BCUT2D eigenvalue weighted by Gasteiger charge is 2.32. The predicted molar refractivity (Wildman–Crippen MR) is 99.4 cm³/mol. The van der Waals surface area contributed by atoms with Crippen molar-refractivity contribution in [1.82, 2.24) is 5.32 Å². The SMILES string of the molecule is COC(=O)NC(=O)[C@@H](C)[NH+]1CC[NH+](Cc2cc(OC)c(OC)cc2C)CC1. The maximum Gasteiger partial charge on any atom is 0.413 e. The highest BCUT2D eigenvalue weighted by atomic mass is 16.5. The molecule has 2 rings (SSSR count). The number of benzene rings is 1. The van der Waals surface area contributed by atoms with Crippen LogP contribution >= 0.6 is 0 Å². The number of ether oxygens (including phenoxy) is 3. The molecule has 1 fully saturated rings. The standard InChI is InChI=1S/C19H29N3O5/c1-13-10-16(25-3)17(26-4)11-15(13)12-21-6-8-22(9-7-21)14(2)18(23)20-19(24)27-5/h10-11,14H,6-9,12H2,1-5H3,(H,20,23,24)/p+2/t14-/m1/s1. The lowest BCUT2D eigenvalue weighted by atomic mass is 10.1. The van der Waals surface area contributed by atoms with Crippen LogP contribution in [0.4, 0.5) is 4.79 Å². The van der Waals surface area contributed by atoms with Gasteiger partial charge in [0, 0.05) is 5.56 Å². The second kappa shape index (κ2) is 9.57. The molecule has 1 aromatic carbocycles. The minimum Gasteiger partial charge on any atom is -0.493 e. The molecule has 0 bridgehead atoms. The average Bonchev–Trinajstić information content (AvgIpc) is 2.68. The van der Waals surface area contributed by atoms with Crippen molar-refractivity contribution >= 4 is 12.0 Å². The van der Waals surface area contributed by atoms with Crippen LogP contribution in [0, 0.1) is 6.92 Å². The van der Waals surface area contributed by atoms with Gasteiger partial charge in [-0.15, -0.1) is 0 Å². The van der Waals surface area contributed by atoms with Gasteiger partial charge in [0.2, 0.25) is 0 Å². The van der Waals surface area contributed by atoms with Crippen LogP contribution in [0.2, 0.25) is 0 Å². The van der Waals surface area contributed by atoms with Gasteiger partial charge in [-0.05, 0) is 31.5 Å². The van der Waals surface area contributed by atoms with Gasteiger partial charge in [0.05, 0.1) is 21.3 Å². The Bertz CT molecular complexity index is 672.